The lowest BCUT2D eigenvalue weighted by atomic mass is 10.4. The molecule has 0 unspecified atom stereocenters. The zero-order chi connectivity index (χ0) is 12.8. The van der Waals surface area contributed by atoms with Gasteiger partial charge in [0, 0.05) is 45.8 Å². The summed E-state index contributed by atoms with van der Waals surface area (Å²) < 4.78 is 29.0. The summed E-state index contributed by atoms with van der Waals surface area (Å²) in [6.45, 7) is 6.73. The number of piperazine rings is 1. The standard InChI is InChI=1S/C10H22N4O3S/c15-18(16,12-14-5-8-17-9-6-14)10-7-13-3-1-11-2-4-13/h11-12H,1-10H2. The van der Waals surface area contributed by atoms with Gasteiger partial charge in [-0.25, -0.2) is 13.4 Å². The van der Waals surface area contributed by atoms with Gasteiger partial charge in [0.15, 0.2) is 0 Å². The van der Waals surface area contributed by atoms with E-state index in [2.05, 4.69) is 15.0 Å². The summed E-state index contributed by atoms with van der Waals surface area (Å²) in [5, 5.41) is 4.97. The fraction of sp³-hybridized carbons (Fsp3) is 1.00. The summed E-state index contributed by atoms with van der Waals surface area (Å²) in [5.41, 5.74) is 0. The molecule has 0 aromatic carbocycles. The Morgan fingerprint density at radius 2 is 1.78 bits per heavy atom. The van der Waals surface area contributed by atoms with Crippen LogP contribution in [0.25, 0.3) is 0 Å². The number of rotatable bonds is 5. The van der Waals surface area contributed by atoms with Crippen molar-refractivity contribution in [2.24, 2.45) is 0 Å². The molecule has 0 aromatic rings. The minimum atomic E-state index is -3.22. The maximum atomic E-state index is 11.9. The summed E-state index contributed by atoms with van der Waals surface area (Å²) in [6, 6.07) is 0. The molecule has 0 saturated carbocycles. The van der Waals surface area contributed by atoms with Crippen LogP contribution in [0.5, 0.6) is 0 Å². The number of hydrogen-bond acceptors (Lipinski definition) is 6. The van der Waals surface area contributed by atoms with Crippen molar-refractivity contribution >= 4 is 10.0 Å². The van der Waals surface area contributed by atoms with Crippen LogP contribution in [0.3, 0.4) is 0 Å². The molecule has 2 rings (SSSR count). The summed E-state index contributed by atoms with van der Waals surface area (Å²) >= 11 is 0. The van der Waals surface area contributed by atoms with Crippen LogP contribution in [0, 0.1) is 0 Å². The van der Waals surface area contributed by atoms with Crippen molar-refractivity contribution in [3.63, 3.8) is 0 Å². The normalized spacial score (nSPS) is 24.2. The summed E-state index contributed by atoms with van der Waals surface area (Å²) in [7, 11) is -3.22. The topological polar surface area (TPSA) is 73.9 Å². The number of nitrogens with one attached hydrogen (secondary N) is 2. The van der Waals surface area contributed by atoms with Crippen LogP contribution >= 0.6 is 0 Å². The molecule has 0 amide bonds. The SMILES string of the molecule is O=S(=O)(CCN1CCNCC1)NN1CCOCC1. The van der Waals surface area contributed by atoms with Gasteiger partial charge in [0.2, 0.25) is 10.0 Å². The van der Waals surface area contributed by atoms with Gasteiger partial charge >= 0.3 is 0 Å². The largest absolute Gasteiger partial charge is 0.379 e. The Hall–Kier alpha value is -0.250. The van der Waals surface area contributed by atoms with Gasteiger partial charge in [0.1, 0.15) is 0 Å². The average Bonchev–Trinajstić information content (AvgIpc) is 2.38. The predicted molar refractivity (Wildman–Crippen MR) is 68.6 cm³/mol. The molecule has 18 heavy (non-hydrogen) atoms. The van der Waals surface area contributed by atoms with Crippen LogP contribution in [0.2, 0.25) is 0 Å². The summed E-state index contributed by atoms with van der Waals surface area (Å²) in [4.78, 5) is 4.79. The van der Waals surface area contributed by atoms with Crippen LogP contribution in [-0.4, -0.2) is 83.1 Å². The zero-order valence-corrected chi connectivity index (χ0v) is 11.4. The number of morpholine rings is 1. The molecule has 0 spiro atoms. The fourth-order valence-electron chi connectivity index (χ4n) is 2.08. The molecule has 0 bridgehead atoms. The van der Waals surface area contributed by atoms with Crippen molar-refractivity contribution in [3.05, 3.63) is 0 Å². The third-order valence-electron chi connectivity index (χ3n) is 3.17. The van der Waals surface area contributed by atoms with Gasteiger partial charge < -0.3 is 10.1 Å². The van der Waals surface area contributed by atoms with E-state index >= 15 is 0 Å². The van der Waals surface area contributed by atoms with E-state index in [0.29, 0.717) is 32.8 Å². The van der Waals surface area contributed by atoms with Crippen LogP contribution < -0.4 is 10.1 Å². The minimum Gasteiger partial charge on any atom is -0.379 e. The van der Waals surface area contributed by atoms with Gasteiger partial charge in [-0.05, 0) is 0 Å². The van der Waals surface area contributed by atoms with E-state index in [1.54, 1.807) is 5.01 Å². The first kappa shape index (κ1) is 14.2. The van der Waals surface area contributed by atoms with E-state index in [-0.39, 0.29) is 5.75 Å². The molecule has 0 aliphatic carbocycles. The fourth-order valence-corrected chi connectivity index (χ4v) is 3.25. The van der Waals surface area contributed by atoms with Crippen molar-refractivity contribution < 1.29 is 13.2 Å². The van der Waals surface area contributed by atoms with Crippen LogP contribution in [0.15, 0.2) is 0 Å². The number of nitrogens with zero attached hydrogens (tertiary/aromatic N) is 2. The van der Waals surface area contributed by atoms with Crippen LogP contribution in [-0.2, 0) is 14.8 Å². The lowest BCUT2D eigenvalue weighted by Crippen LogP contribution is -2.51. The van der Waals surface area contributed by atoms with Gasteiger partial charge in [0.25, 0.3) is 0 Å². The van der Waals surface area contributed by atoms with E-state index in [1.807, 2.05) is 0 Å². The van der Waals surface area contributed by atoms with Gasteiger partial charge in [-0.15, -0.1) is 4.83 Å². The molecule has 106 valence electrons. The van der Waals surface area contributed by atoms with E-state index < -0.39 is 10.0 Å². The first-order valence-corrected chi connectivity index (χ1v) is 8.07. The Labute approximate surface area is 108 Å². The lowest BCUT2D eigenvalue weighted by Gasteiger charge is -2.29. The van der Waals surface area contributed by atoms with Crippen LogP contribution in [0.4, 0.5) is 0 Å². The third-order valence-corrected chi connectivity index (χ3v) is 4.42. The highest BCUT2D eigenvalue weighted by Gasteiger charge is 2.19. The Kier molecular flexibility index (Phi) is 5.34. The number of hydrogen-bond donors (Lipinski definition) is 2. The second kappa shape index (κ2) is 6.78. The van der Waals surface area contributed by atoms with Gasteiger partial charge in [-0.3, -0.25) is 4.90 Å². The molecular formula is C10H22N4O3S. The first-order chi connectivity index (χ1) is 8.66. The molecule has 8 heteroatoms. The molecule has 0 aromatic heterocycles. The highest BCUT2D eigenvalue weighted by Crippen LogP contribution is 1.98. The van der Waals surface area contributed by atoms with Gasteiger partial charge in [-0.2, -0.15) is 0 Å². The smallest absolute Gasteiger partial charge is 0.225 e. The maximum Gasteiger partial charge on any atom is 0.225 e. The Morgan fingerprint density at radius 1 is 1.11 bits per heavy atom. The summed E-state index contributed by atoms with van der Waals surface area (Å²) in [6.07, 6.45) is 0. The van der Waals surface area contributed by atoms with Crippen molar-refractivity contribution in [2.75, 3.05) is 64.8 Å². The molecule has 0 atom stereocenters. The third kappa shape index (κ3) is 4.79. The van der Waals surface area contributed by atoms with Crippen molar-refractivity contribution in [1.82, 2.24) is 20.1 Å². The van der Waals surface area contributed by atoms with Crippen molar-refractivity contribution in [3.8, 4) is 0 Å². The zero-order valence-electron chi connectivity index (χ0n) is 10.6. The second-order valence-electron chi connectivity index (χ2n) is 4.60. The van der Waals surface area contributed by atoms with Crippen LogP contribution in [0.1, 0.15) is 0 Å². The second-order valence-corrected chi connectivity index (χ2v) is 6.42. The van der Waals surface area contributed by atoms with Crippen molar-refractivity contribution in [1.29, 1.82) is 0 Å². The van der Waals surface area contributed by atoms with Gasteiger partial charge in [0.05, 0.1) is 19.0 Å². The highest BCUT2D eigenvalue weighted by molar-refractivity contribution is 7.89. The lowest BCUT2D eigenvalue weighted by molar-refractivity contribution is 0.0272. The van der Waals surface area contributed by atoms with Crippen molar-refractivity contribution in [2.45, 2.75) is 0 Å². The Morgan fingerprint density at radius 3 is 2.44 bits per heavy atom. The monoisotopic (exact) mass is 278 g/mol. The molecular weight excluding hydrogens is 256 g/mol. The quantitative estimate of drug-likeness (QED) is 0.609. The van der Waals surface area contributed by atoms with E-state index in [0.717, 1.165) is 26.2 Å². The molecule has 0 radical (unpaired) electrons. The molecule has 2 aliphatic rings. The first-order valence-electron chi connectivity index (χ1n) is 6.42. The molecule has 2 heterocycles. The molecule has 2 saturated heterocycles. The average molecular weight is 278 g/mol. The number of hydrazine groups is 1. The Balaban J connectivity index is 1.72. The summed E-state index contributed by atoms with van der Waals surface area (Å²) in [5.74, 6) is 0.157. The number of sulfonamides is 1. The molecule has 2 aliphatic heterocycles. The molecule has 7 nitrogen and oxygen atoms in total. The minimum absolute atomic E-state index is 0.157. The number of ether oxygens (including phenoxy) is 1. The van der Waals surface area contributed by atoms with E-state index in [1.165, 1.54) is 0 Å². The van der Waals surface area contributed by atoms with E-state index in [9.17, 15) is 8.42 Å². The maximum absolute atomic E-state index is 11.9. The van der Waals surface area contributed by atoms with Gasteiger partial charge in [-0.1, -0.05) is 0 Å². The molecule has 2 fully saturated rings. The molecule has 2 N–H and O–H groups in total. The predicted octanol–water partition coefficient (Wildman–Crippen LogP) is -1.94. The van der Waals surface area contributed by atoms with E-state index in [4.69, 9.17) is 4.74 Å². The highest BCUT2D eigenvalue weighted by atomic mass is 32.2. The Bertz CT molecular complexity index is 337.